The van der Waals surface area contributed by atoms with Crippen molar-refractivity contribution < 1.29 is 23.0 Å². The highest BCUT2D eigenvalue weighted by atomic mass is 19.4. The zero-order valence-corrected chi connectivity index (χ0v) is 18.9. The molecule has 1 saturated heterocycles. The van der Waals surface area contributed by atoms with E-state index < -0.39 is 11.7 Å². The van der Waals surface area contributed by atoms with Gasteiger partial charge in [-0.1, -0.05) is 36.4 Å². The van der Waals surface area contributed by atoms with Gasteiger partial charge in [0.15, 0.2) is 0 Å². The third-order valence-corrected chi connectivity index (χ3v) is 7.07. The number of hydrogen-bond acceptors (Lipinski definition) is 3. The Kier molecular flexibility index (Phi) is 6.26. The van der Waals surface area contributed by atoms with Crippen molar-refractivity contribution in [1.29, 1.82) is 0 Å². The van der Waals surface area contributed by atoms with Gasteiger partial charge >= 0.3 is 6.18 Å². The van der Waals surface area contributed by atoms with E-state index >= 15 is 0 Å². The maximum absolute atomic E-state index is 13.1. The highest BCUT2D eigenvalue weighted by molar-refractivity contribution is 5.51. The van der Waals surface area contributed by atoms with Gasteiger partial charge in [0.05, 0.1) is 12.2 Å². The van der Waals surface area contributed by atoms with Crippen LogP contribution < -0.4 is 4.74 Å². The molecule has 2 heterocycles. The predicted molar refractivity (Wildman–Crippen MR) is 125 cm³/mol. The van der Waals surface area contributed by atoms with Gasteiger partial charge in [-0.2, -0.15) is 13.2 Å². The van der Waals surface area contributed by atoms with Gasteiger partial charge in [-0.3, -0.25) is 0 Å². The number of ether oxygens (including phenoxy) is 1. The van der Waals surface area contributed by atoms with Gasteiger partial charge in [-0.05, 0) is 79.4 Å². The predicted octanol–water partition coefficient (Wildman–Crippen LogP) is 6.36. The lowest BCUT2D eigenvalue weighted by atomic mass is 9.75. The summed E-state index contributed by atoms with van der Waals surface area (Å²) in [5.74, 6) is 0.527. The van der Waals surface area contributed by atoms with E-state index in [1.165, 1.54) is 31.5 Å². The Balaban J connectivity index is 1.45. The first-order valence-corrected chi connectivity index (χ1v) is 11.8. The fourth-order valence-electron chi connectivity index (χ4n) is 5.21. The van der Waals surface area contributed by atoms with E-state index in [1.807, 2.05) is 0 Å². The Morgan fingerprint density at radius 3 is 2.24 bits per heavy atom. The summed E-state index contributed by atoms with van der Waals surface area (Å²) in [5, 5.41) is 10.2. The molecule has 1 fully saturated rings. The molecule has 0 aromatic heterocycles. The molecule has 0 unspecified atom stereocenters. The molecule has 0 radical (unpaired) electrons. The minimum atomic E-state index is -4.37. The molecular weight excluding hydrogens is 439 g/mol. The van der Waals surface area contributed by atoms with Crippen LogP contribution in [0, 0.1) is 0 Å². The highest BCUT2D eigenvalue weighted by Gasteiger charge is 2.35. The summed E-state index contributed by atoms with van der Waals surface area (Å²) in [5.41, 5.74) is 3.30. The number of phenolic OH excluding ortho intramolecular Hbond substituents is 1. The first kappa shape index (κ1) is 22.8. The Morgan fingerprint density at radius 2 is 1.56 bits per heavy atom. The maximum atomic E-state index is 13.1. The van der Waals surface area contributed by atoms with Gasteiger partial charge < -0.3 is 14.7 Å². The third kappa shape index (κ3) is 4.78. The van der Waals surface area contributed by atoms with Crippen molar-refractivity contribution in [1.82, 2.24) is 4.90 Å². The molecule has 0 spiro atoms. The van der Waals surface area contributed by atoms with Crippen molar-refractivity contribution in [2.45, 2.75) is 37.3 Å². The standard InChI is InChI=1S/C28H28F3NO2/c29-28(30,31)22-9-7-20(8-10-22)25-18-34-26-12-11-23(33)17-24(26)27(25)21-5-3-19(4-6-21)13-16-32-14-1-2-15-32/h3-12,17,25,27,33H,1-2,13-16,18H2/t25-,27-/m1/s1. The normalized spacial score (nSPS) is 20.7. The molecular formula is C28H28F3NO2. The summed E-state index contributed by atoms with van der Waals surface area (Å²) in [6.07, 6.45) is -0.821. The number of aromatic hydroxyl groups is 1. The van der Waals surface area contributed by atoms with Crippen molar-refractivity contribution in [3.63, 3.8) is 0 Å². The molecule has 3 aromatic rings. The molecule has 0 saturated carbocycles. The number of hydrogen-bond donors (Lipinski definition) is 1. The zero-order valence-electron chi connectivity index (χ0n) is 18.9. The van der Waals surface area contributed by atoms with Crippen molar-refractivity contribution in [2.75, 3.05) is 26.2 Å². The Labute approximate surface area is 197 Å². The number of alkyl halides is 3. The average Bonchev–Trinajstić information content (AvgIpc) is 3.36. The van der Waals surface area contributed by atoms with Crippen molar-refractivity contribution >= 4 is 0 Å². The van der Waals surface area contributed by atoms with E-state index in [-0.39, 0.29) is 17.6 Å². The quantitative estimate of drug-likeness (QED) is 0.474. The molecule has 2 aliphatic rings. The highest BCUT2D eigenvalue weighted by Crippen LogP contribution is 2.47. The zero-order chi connectivity index (χ0) is 23.7. The van der Waals surface area contributed by atoms with Crippen molar-refractivity contribution in [2.24, 2.45) is 0 Å². The van der Waals surface area contributed by atoms with Gasteiger partial charge in [0.25, 0.3) is 0 Å². The number of likely N-dealkylation sites (tertiary alicyclic amines) is 1. The summed E-state index contributed by atoms with van der Waals surface area (Å²) < 4.78 is 45.2. The van der Waals surface area contributed by atoms with Crippen LogP contribution in [0.2, 0.25) is 0 Å². The minimum Gasteiger partial charge on any atom is -0.508 e. The van der Waals surface area contributed by atoms with Gasteiger partial charge in [0.2, 0.25) is 0 Å². The molecule has 2 aliphatic heterocycles. The topological polar surface area (TPSA) is 32.7 Å². The van der Waals surface area contributed by atoms with Crippen LogP contribution in [0.5, 0.6) is 11.5 Å². The molecule has 0 aliphatic carbocycles. The van der Waals surface area contributed by atoms with Gasteiger partial charge in [-0.15, -0.1) is 0 Å². The van der Waals surface area contributed by atoms with Gasteiger partial charge in [-0.25, -0.2) is 0 Å². The Hall–Kier alpha value is -2.99. The number of rotatable bonds is 5. The smallest absolute Gasteiger partial charge is 0.416 e. The molecule has 0 amide bonds. The summed E-state index contributed by atoms with van der Waals surface area (Å²) in [6.45, 7) is 3.76. The fraction of sp³-hybridized carbons (Fsp3) is 0.357. The van der Waals surface area contributed by atoms with Crippen LogP contribution >= 0.6 is 0 Å². The van der Waals surface area contributed by atoms with Crippen LogP contribution in [0.3, 0.4) is 0 Å². The molecule has 3 nitrogen and oxygen atoms in total. The average molecular weight is 468 g/mol. The molecule has 3 aromatic carbocycles. The summed E-state index contributed by atoms with van der Waals surface area (Å²) in [4.78, 5) is 2.49. The van der Waals surface area contributed by atoms with Crippen molar-refractivity contribution in [3.05, 3.63) is 94.5 Å². The minimum absolute atomic E-state index is 0.139. The van der Waals surface area contributed by atoms with E-state index in [9.17, 15) is 18.3 Å². The SMILES string of the molecule is Oc1ccc2c(c1)[C@@H](c1ccc(CCN3CCCC3)cc1)[C@@H](c1ccc(C(F)(F)F)cc1)CO2. The van der Waals surface area contributed by atoms with E-state index in [0.29, 0.717) is 12.4 Å². The van der Waals surface area contributed by atoms with Crippen LogP contribution in [0.15, 0.2) is 66.7 Å². The maximum Gasteiger partial charge on any atom is 0.416 e. The van der Waals surface area contributed by atoms with Crippen LogP contribution in [0.1, 0.15) is 52.5 Å². The molecule has 1 N–H and O–H groups in total. The van der Waals surface area contributed by atoms with E-state index in [4.69, 9.17) is 4.74 Å². The fourth-order valence-corrected chi connectivity index (χ4v) is 5.21. The number of fused-ring (bicyclic) bond motifs is 1. The number of phenols is 1. The Bertz CT molecular complexity index is 1120. The lowest BCUT2D eigenvalue weighted by Gasteiger charge is -2.34. The second-order valence-corrected chi connectivity index (χ2v) is 9.28. The lowest BCUT2D eigenvalue weighted by molar-refractivity contribution is -0.137. The largest absolute Gasteiger partial charge is 0.508 e. The van der Waals surface area contributed by atoms with Gasteiger partial charge in [0, 0.05) is 23.9 Å². The van der Waals surface area contributed by atoms with Crippen LogP contribution in [-0.2, 0) is 12.6 Å². The monoisotopic (exact) mass is 467 g/mol. The van der Waals surface area contributed by atoms with E-state index in [0.717, 1.165) is 41.8 Å². The Morgan fingerprint density at radius 1 is 0.882 bits per heavy atom. The van der Waals surface area contributed by atoms with Crippen LogP contribution in [0.4, 0.5) is 13.2 Å². The molecule has 0 bridgehead atoms. The summed E-state index contributed by atoms with van der Waals surface area (Å²) >= 11 is 0. The summed E-state index contributed by atoms with van der Waals surface area (Å²) in [6, 6.07) is 18.9. The van der Waals surface area contributed by atoms with Crippen molar-refractivity contribution in [3.8, 4) is 11.5 Å². The summed E-state index contributed by atoms with van der Waals surface area (Å²) in [7, 11) is 0. The molecule has 6 heteroatoms. The second-order valence-electron chi connectivity index (χ2n) is 9.28. The molecule has 178 valence electrons. The molecule has 5 rings (SSSR count). The molecule has 2 atom stereocenters. The third-order valence-electron chi connectivity index (χ3n) is 7.07. The number of benzene rings is 3. The molecule has 34 heavy (non-hydrogen) atoms. The van der Waals surface area contributed by atoms with E-state index in [1.54, 1.807) is 30.3 Å². The first-order valence-electron chi connectivity index (χ1n) is 11.8. The number of halogens is 3. The van der Waals surface area contributed by atoms with Crippen LogP contribution in [-0.4, -0.2) is 36.2 Å². The second kappa shape index (κ2) is 9.34. The van der Waals surface area contributed by atoms with E-state index in [2.05, 4.69) is 29.2 Å². The van der Waals surface area contributed by atoms with Crippen LogP contribution in [0.25, 0.3) is 0 Å². The lowest BCUT2D eigenvalue weighted by Crippen LogP contribution is -2.25. The van der Waals surface area contributed by atoms with Gasteiger partial charge in [0.1, 0.15) is 11.5 Å². The number of nitrogens with zero attached hydrogens (tertiary/aromatic N) is 1. The first-order chi connectivity index (χ1) is 16.4.